The monoisotopic (exact) mass is 408 g/mol. The molecule has 9 heteroatoms. The Labute approximate surface area is 168 Å². The first-order valence-electron chi connectivity index (χ1n) is 8.69. The maximum atomic E-state index is 13.6. The molecule has 1 saturated heterocycles. The lowest BCUT2D eigenvalue weighted by Crippen LogP contribution is -2.48. The summed E-state index contributed by atoms with van der Waals surface area (Å²) in [6, 6.07) is 10.6. The van der Waals surface area contributed by atoms with Gasteiger partial charge in [-0.3, -0.25) is 19.8 Å². The number of nitrogens with one attached hydrogen (secondary N) is 2. The molecule has 0 aliphatic carbocycles. The molecular weight excluding hydrogens is 387 g/mol. The maximum absolute atomic E-state index is 13.6. The fourth-order valence-electron chi connectivity index (χ4n) is 3.25. The highest BCUT2D eigenvalue weighted by molar-refractivity contribution is 5.93. The van der Waals surface area contributed by atoms with Gasteiger partial charge in [0.05, 0.1) is 11.5 Å². The molecule has 1 atom stereocenters. The van der Waals surface area contributed by atoms with E-state index in [9.17, 15) is 19.3 Å². The Morgan fingerprint density at radius 1 is 1.36 bits per heavy atom. The number of carbonyl (C=O) groups is 1. The van der Waals surface area contributed by atoms with Gasteiger partial charge in [0.1, 0.15) is 5.82 Å². The van der Waals surface area contributed by atoms with Crippen molar-refractivity contribution in [1.29, 1.82) is 0 Å². The number of piperazine rings is 1. The summed E-state index contributed by atoms with van der Waals surface area (Å²) in [5.41, 5.74) is 1.97. The molecule has 1 fully saturated rings. The minimum absolute atomic E-state index is 0. The van der Waals surface area contributed by atoms with Crippen LogP contribution in [0.5, 0.6) is 0 Å². The van der Waals surface area contributed by atoms with Crippen LogP contribution in [-0.2, 0) is 4.79 Å². The van der Waals surface area contributed by atoms with Gasteiger partial charge >= 0.3 is 0 Å². The highest BCUT2D eigenvalue weighted by Crippen LogP contribution is 2.24. The van der Waals surface area contributed by atoms with Gasteiger partial charge in [-0.2, -0.15) is 0 Å². The molecule has 1 aliphatic rings. The topological polar surface area (TPSA) is 87.5 Å². The van der Waals surface area contributed by atoms with Gasteiger partial charge in [-0.15, -0.1) is 12.4 Å². The van der Waals surface area contributed by atoms with Gasteiger partial charge in [0.2, 0.25) is 5.91 Å². The molecule has 1 unspecified atom stereocenters. The van der Waals surface area contributed by atoms with Crippen LogP contribution in [0.25, 0.3) is 0 Å². The van der Waals surface area contributed by atoms with E-state index in [2.05, 4.69) is 10.6 Å². The average molecular weight is 409 g/mol. The third kappa shape index (κ3) is 5.25. The van der Waals surface area contributed by atoms with Gasteiger partial charge in [-0.25, -0.2) is 4.39 Å². The van der Waals surface area contributed by atoms with Crippen LogP contribution in [-0.4, -0.2) is 41.9 Å². The van der Waals surface area contributed by atoms with E-state index in [1.54, 1.807) is 13.0 Å². The third-order valence-electron chi connectivity index (χ3n) is 4.63. The number of non-ortho nitro benzene ring substituents is 1. The number of anilines is 1. The smallest absolute Gasteiger partial charge is 0.269 e. The van der Waals surface area contributed by atoms with E-state index in [4.69, 9.17) is 0 Å². The molecule has 2 N–H and O–H groups in total. The predicted octanol–water partition coefficient (Wildman–Crippen LogP) is 3.05. The van der Waals surface area contributed by atoms with Crippen molar-refractivity contribution in [1.82, 2.24) is 10.2 Å². The van der Waals surface area contributed by atoms with Crippen LogP contribution in [0.2, 0.25) is 0 Å². The van der Waals surface area contributed by atoms with E-state index in [1.807, 2.05) is 11.0 Å². The number of hydrogen-bond acceptors (Lipinski definition) is 5. The zero-order chi connectivity index (χ0) is 19.4. The largest absolute Gasteiger partial charge is 0.325 e. The number of nitro groups is 1. The normalized spacial score (nSPS) is 16.9. The van der Waals surface area contributed by atoms with Gasteiger partial charge in [-0.1, -0.05) is 12.1 Å². The van der Waals surface area contributed by atoms with Crippen LogP contribution < -0.4 is 10.6 Å². The summed E-state index contributed by atoms with van der Waals surface area (Å²) in [5.74, 6) is -0.515. The quantitative estimate of drug-likeness (QED) is 0.586. The lowest BCUT2D eigenvalue weighted by molar-refractivity contribution is -0.384. The summed E-state index contributed by atoms with van der Waals surface area (Å²) in [6.45, 7) is 3.90. The molecule has 0 saturated carbocycles. The average Bonchev–Trinajstić information content (AvgIpc) is 2.63. The molecular formula is C19H22ClFN4O3. The maximum Gasteiger partial charge on any atom is 0.269 e. The first-order chi connectivity index (χ1) is 12.9. The number of nitro benzene ring substituents is 1. The lowest BCUT2D eigenvalue weighted by Gasteiger charge is -2.36. The Balaban J connectivity index is 0.00000280. The van der Waals surface area contributed by atoms with Crippen molar-refractivity contribution >= 4 is 29.7 Å². The van der Waals surface area contributed by atoms with E-state index in [1.165, 1.54) is 30.3 Å². The molecule has 2 aromatic rings. The second-order valence-electron chi connectivity index (χ2n) is 6.55. The SMILES string of the molecule is Cc1cc([N+](=O)[O-])ccc1NC(=O)CN1CCNCC1c1cccc(F)c1.Cl. The third-order valence-corrected chi connectivity index (χ3v) is 4.63. The summed E-state index contributed by atoms with van der Waals surface area (Å²) >= 11 is 0. The molecule has 7 nitrogen and oxygen atoms in total. The number of aryl methyl sites for hydroxylation is 1. The zero-order valence-electron chi connectivity index (χ0n) is 15.4. The second kappa shape index (κ2) is 9.59. The Bertz CT molecular complexity index is 865. The second-order valence-corrected chi connectivity index (χ2v) is 6.55. The zero-order valence-corrected chi connectivity index (χ0v) is 16.2. The Morgan fingerprint density at radius 2 is 2.14 bits per heavy atom. The number of amides is 1. The molecule has 1 amide bonds. The van der Waals surface area contributed by atoms with E-state index in [0.717, 1.165) is 12.1 Å². The predicted molar refractivity (Wildman–Crippen MR) is 107 cm³/mol. The number of benzene rings is 2. The fraction of sp³-hybridized carbons (Fsp3) is 0.316. The summed E-state index contributed by atoms with van der Waals surface area (Å²) in [6.07, 6.45) is 0. The Morgan fingerprint density at radius 3 is 2.82 bits per heavy atom. The molecule has 28 heavy (non-hydrogen) atoms. The van der Waals surface area contributed by atoms with Gasteiger partial charge < -0.3 is 10.6 Å². The van der Waals surface area contributed by atoms with Crippen molar-refractivity contribution in [2.24, 2.45) is 0 Å². The van der Waals surface area contributed by atoms with Crippen LogP contribution in [0.1, 0.15) is 17.2 Å². The molecule has 150 valence electrons. The van der Waals surface area contributed by atoms with Crippen molar-refractivity contribution in [2.45, 2.75) is 13.0 Å². The molecule has 0 radical (unpaired) electrons. The molecule has 0 bridgehead atoms. The van der Waals surface area contributed by atoms with Gasteiger partial charge in [0.15, 0.2) is 0 Å². The molecule has 0 aromatic heterocycles. The highest BCUT2D eigenvalue weighted by atomic mass is 35.5. The number of halogens is 2. The number of hydrogen-bond donors (Lipinski definition) is 2. The van der Waals surface area contributed by atoms with Gasteiger partial charge in [0, 0.05) is 43.5 Å². The summed E-state index contributed by atoms with van der Waals surface area (Å²) in [5, 5.41) is 16.9. The Kier molecular flexibility index (Phi) is 7.45. The van der Waals surface area contributed by atoms with Crippen molar-refractivity contribution in [3.05, 3.63) is 69.5 Å². The fourth-order valence-corrected chi connectivity index (χ4v) is 3.25. The van der Waals surface area contributed by atoms with Crippen molar-refractivity contribution in [2.75, 3.05) is 31.5 Å². The summed E-state index contributed by atoms with van der Waals surface area (Å²) < 4.78 is 13.6. The van der Waals surface area contributed by atoms with Crippen molar-refractivity contribution in [3.63, 3.8) is 0 Å². The summed E-state index contributed by atoms with van der Waals surface area (Å²) in [4.78, 5) is 24.9. The van der Waals surface area contributed by atoms with Crippen LogP contribution >= 0.6 is 12.4 Å². The molecule has 2 aromatic carbocycles. The first-order valence-corrected chi connectivity index (χ1v) is 8.69. The first kappa shape index (κ1) is 21.7. The van der Waals surface area contributed by atoms with E-state index in [-0.39, 0.29) is 42.4 Å². The highest BCUT2D eigenvalue weighted by Gasteiger charge is 2.26. The molecule has 0 spiro atoms. The van der Waals surface area contributed by atoms with E-state index >= 15 is 0 Å². The Hall–Kier alpha value is -2.55. The molecule has 3 rings (SSSR count). The van der Waals surface area contributed by atoms with Crippen molar-refractivity contribution in [3.8, 4) is 0 Å². The van der Waals surface area contributed by atoms with Gasteiger partial charge in [-0.05, 0) is 36.2 Å². The minimum Gasteiger partial charge on any atom is -0.325 e. The van der Waals surface area contributed by atoms with E-state index < -0.39 is 4.92 Å². The molecule has 1 aliphatic heterocycles. The van der Waals surface area contributed by atoms with Crippen LogP contribution in [0, 0.1) is 22.9 Å². The van der Waals surface area contributed by atoms with Crippen LogP contribution in [0.15, 0.2) is 42.5 Å². The summed E-state index contributed by atoms with van der Waals surface area (Å²) in [7, 11) is 0. The van der Waals surface area contributed by atoms with Crippen LogP contribution in [0.4, 0.5) is 15.8 Å². The lowest BCUT2D eigenvalue weighted by atomic mass is 10.0. The van der Waals surface area contributed by atoms with Gasteiger partial charge in [0.25, 0.3) is 5.69 Å². The standard InChI is InChI=1S/C19H21FN4O3.ClH/c1-13-9-16(24(26)27)5-6-17(13)22-19(25)12-23-8-7-21-11-18(23)14-3-2-4-15(20)10-14;/h2-6,9-10,18,21H,7-8,11-12H2,1H3,(H,22,25);1H. The molecule has 1 heterocycles. The minimum atomic E-state index is -0.469. The van der Waals surface area contributed by atoms with E-state index in [0.29, 0.717) is 24.3 Å². The number of nitrogens with zero attached hydrogens (tertiary/aromatic N) is 2. The number of carbonyl (C=O) groups excluding carboxylic acids is 1. The number of rotatable bonds is 5. The van der Waals surface area contributed by atoms with Crippen molar-refractivity contribution < 1.29 is 14.1 Å². The van der Waals surface area contributed by atoms with Crippen LogP contribution in [0.3, 0.4) is 0 Å².